The number of hydrogen-bond acceptors (Lipinski definition) is 4. The van der Waals surface area contributed by atoms with Crippen LogP contribution >= 0.6 is 0 Å². The molecule has 0 aliphatic heterocycles. The number of benzene rings is 2. The highest BCUT2D eigenvalue weighted by Gasteiger charge is 2.19. The van der Waals surface area contributed by atoms with Gasteiger partial charge in [-0.05, 0) is 44.2 Å². The number of carbonyl (C=O) groups excluding carboxylic acids is 2. The summed E-state index contributed by atoms with van der Waals surface area (Å²) in [4.78, 5) is 25.9. The molecule has 2 aromatic carbocycles. The van der Waals surface area contributed by atoms with Gasteiger partial charge in [-0.1, -0.05) is 17.7 Å². The number of ether oxygens (including phenoxy) is 2. The molecule has 0 atom stereocenters. The van der Waals surface area contributed by atoms with Crippen LogP contribution in [0.5, 0.6) is 11.5 Å². The molecule has 0 aliphatic carbocycles. The Bertz CT molecular complexity index is 825. The molecule has 2 rings (SSSR count). The molecule has 0 heterocycles. The van der Waals surface area contributed by atoms with Crippen LogP contribution in [0.1, 0.15) is 22.8 Å². The Morgan fingerprint density at radius 1 is 1.11 bits per heavy atom. The second-order valence-electron chi connectivity index (χ2n) is 6.05. The fraction of sp³-hybridized carbons (Fsp3) is 0.300. The van der Waals surface area contributed by atoms with Crippen LogP contribution in [0.2, 0.25) is 0 Å². The summed E-state index contributed by atoms with van der Waals surface area (Å²) in [6, 6.07) is 11.2. The summed E-state index contributed by atoms with van der Waals surface area (Å²) < 4.78 is 34.6. The van der Waals surface area contributed by atoms with Crippen molar-refractivity contribution >= 4 is 17.5 Å². The number of nitrogens with zero attached hydrogens (tertiary/aromatic N) is 1. The highest BCUT2D eigenvalue weighted by Crippen LogP contribution is 2.30. The molecule has 28 heavy (non-hydrogen) atoms. The Hall–Kier alpha value is -3.16. The van der Waals surface area contributed by atoms with Crippen LogP contribution in [0.25, 0.3) is 0 Å². The minimum absolute atomic E-state index is 0.0335. The van der Waals surface area contributed by atoms with Crippen molar-refractivity contribution in [1.82, 2.24) is 4.90 Å². The van der Waals surface area contributed by atoms with Gasteiger partial charge in [-0.25, -0.2) is 0 Å². The van der Waals surface area contributed by atoms with E-state index in [1.54, 1.807) is 19.1 Å². The minimum atomic E-state index is -3.01. The molecule has 0 unspecified atom stereocenters. The number of halogens is 2. The standard InChI is InChI=1S/C20H22F2N2O4/c1-4-27-17-11-14(7-10-16(17)28-20(21)22)19(26)24(3)12-18(25)23-15-8-5-13(2)6-9-15/h5-11,20H,4,12H2,1-3H3,(H,23,25). The van der Waals surface area contributed by atoms with E-state index in [2.05, 4.69) is 10.1 Å². The number of anilines is 1. The topological polar surface area (TPSA) is 67.9 Å². The molecule has 8 heteroatoms. The number of nitrogens with one attached hydrogen (secondary N) is 1. The zero-order valence-corrected chi connectivity index (χ0v) is 15.9. The van der Waals surface area contributed by atoms with Gasteiger partial charge in [0, 0.05) is 18.3 Å². The second-order valence-corrected chi connectivity index (χ2v) is 6.05. The molecule has 1 N–H and O–H groups in total. The van der Waals surface area contributed by atoms with E-state index in [-0.39, 0.29) is 36.1 Å². The highest BCUT2D eigenvalue weighted by atomic mass is 19.3. The van der Waals surface area contributed by atoms with Gasteiger partial charge in [0.25, 0.3) is 5.91 Å². The highest BCUT2D eigenvalue weighted by molar-refractivity contribution is 5.99. The van der Waals surface area contributed by atoms with Crippen LogP contribution in [-0.4, -0.2) is 43.5 Å². The molecule has 0 saturated carbocycles. The number of carbonyl (C=O) groups is 2. The van der Waals surface area contributed by atoms with E-state index < -0.39 is 12.5 Å². The predicted molar refractivity (Wildman–Crippen MR) is 101 cm³/mol. The number of rotatable bonds is 8. The monoisotopic (exact) mass is 392 g/mol. The third kappa shape index (κ3) is 5.94. The first-order valence-corrected chi connectivity index (χ1v) is 8.63. The van der Waals surface area contributed by atoms with Crippen molar-refractivity contribution in [2.45, 2.75) is 20.5 Å². The molecule has 150 valence electrons. The average molecular weight is 392 g/mol. The Labute approximate surface area is 162 Å². The van der Waals surface area contributed by atoms with E-state index in [1.165, 1.54) is 30.1 Å². The van der Waals surface area contributed by atoms with Crippen molar-refractivity contribution in [3.05, 3.63) is 53.6 Å². The molecule has 0 radical (unpaired) electrons. The van der Waals surface area contributed by atoms with Crippen LogP contribution in [0.4, 0.5) is 14.5 Å². The van der Waals surface area contributed by atoms with Gasteiger partial charge >= 0.3 is 6.61 Å². The second kappa shape index (κ2) is 9.68. The lowest BCUT2D eigenvalue weighted by Crippen LogP contribution is -2.34. The Balaban J connectivity index is 2.05. The van der Waals surface area contributed by atoms with Gasteiger partial charge in [0.2, 0.25) is 5.91 Å². The van der Waals surface area contributed by atoms with Crippen molar-refractivity contribution in [2.24, 2.45) is 0 Å². The molecule has 0 spiro atoms. The maximum absolute atomic E-state index is 12.6. The average Bonchev–Trinajstić information content (AvgIpc) is 2.64. The van der Waals surface area contributed by atoms with Gasteiger partial charge in [-0.15, -0.1) is 0 Å². The first-order chi connectivity index (χ1) is 13.3. The van der Waals surface area contributed by atoms with Crippen molar-refractivity contribution in [3.8, 4) is 11.5 Å². The van der Waals surface area contributed by atoms with Crippen LogP contribution in [0, 0.1) is 6.92 Å². The van der Waals surface area contributed by atoms with E-state index >= 15 is 0 Å². The molecule has 0 aliphatic rings. The summed E-state index contributed by atoms with van der Waals surface area (Å²) in [5.41, 5.74) is 1.88. The molecule has 2 aromatic rings. The number of aryl methyl sites for hydroxylation is 1. The molecular formula is C20H22F2N2O4. The maximum atomic E-state index is 12.6. The fourth-order valence-corrected chi connectivity index (χ4v) is 2.45. The molecule has 0 bridgehead atoms. The van der Waals surface area contributed by atoms with Crippen LogP contribution in [0.15, 0.2) is 42.5 Å². The van der Waals surface area contributed by atoms with E-state index in [1.807, 2.05) is 19.1 Å². The Morgan fingerprint density at radius 2 is 1.79 bits per heavy atom. The largest absolute Gasteiger partial charge is 0.490 e. The molecule has 6 nitrogen and oxygen atoms in total. The van der Waals surface area contributed by atoms with Crippen molar-refractivity contribution in [1.29, 1.82) is 0 Å². The van der Waals surface area contributed by atoms with Crippen molar-refractivity contribution < 1.29 is 27.8 Å². The van der Waals surface area contributed by atoms with Crippen LogP contribution < -0.4 is 14.8 Å². The van der Waals surface area contributed by atoms with Crippen molar-refractivity contribution in [3.63, 3.8) is 0 Å². The zero-order chi connectivity index (χ0) is 20.7. The summed E-state index contributed by atoms with van der Waals surface area (Å²) in [5, 5.41) is 2.71. The van der Waals surface area contributed by atoms with Gasteiger partial charge in [-0.2, -0.15) is 8.78 Å². The fourth-order valence-electron chi connectivity index (χ4n) is 2.45. The quantitative estimate of drug-likeness (QED) is 0.744. The molecular weight excluding hydrogens is 370 g/mol. The lowest BCUT2D eigenvalue weighted by atomic mass is 10.1. The van der Waals surface area contributed by atoms with E-state index in [0.29, 0.717) is 5.69 Å². The van der Waals surface area contributed by atoms with Gasteiger partial charge in [-0.3, -0.25) is 9.59 Å². The molecule has 0 aromatic heterocycles. The SMILES string of the molecule is CCOc1cc(C(=O)N(C)CC(=O)Nc2ccc(C)cc2)ccc1OC(F)F. The smallest absolute Gasteiger partial charge is 0.387 e. The third-order valence-electron chi connectivity index (χ3n) is 3.77. The normalized spacial score (nSPS) is 10.5. The van der Waals surface area contributed by atoms with Gasteiger partial charge in [0.15, 0.2) is 11.5 Å². The Kier molecular flexibility index (Phi) is 7.31. The number of likely N-dealkylation sites (N-methyl/N-ethyl adjacent to an activating group) is 1. The third-order valence-corrected chi connectivity index (χ3v) is 3.77. The van der Waals surface area contributed by atoms with Gasteiger partial charge in [0.05, 0.1) is 13.2 Å². The lowest BCUT2D eigenvalue weighted by Gasteiger charge is -2.18. The van der Waals surface area contributed by atoms with Crippen LogP contribution in [-0.2, 0) is 4.79 Å². The minimum Gasteiger partial charge on any atom is -0.490 e. The number of alkyl halides is 2. The number of hydrogen-bond donors (Lipinski definition) is 1. The Morgan fingerprint density at radius 3 is 2.39 bits per heavy atom. The van der Waals surface area contributed by atoms with Crippen molar-refractivity contribution in [2.75, 3.05) is 25.5 Å². The molecule has 0 fully saturated rings. The van der Waals surface area contributed by atoms with Crippen LogP contribution in [0.3, 0.4) is 0 Å². The molecule has 0 saturated heterocycles. The summed E-state index contributed by atoms with van der Waals surface area (Å²) >= 11 is 0. The zero-order valence-electron chi connectivity index (χ0n) is 15.9. The maximum Gasteiger partial charge on any atom is 0.387 e. The summed E-state index contributed by atoms with van der Waals surface area (Å²) in [6.07, 6.45) is 0. The molecule has 2 amide bonds. The summed E-state index contributed by atoms with van der Waals surface area (Å²) in [6.45, 7) is 0.653. The van der Waals surface area contributed by atoms with E-state index in [4.69, 9.17) is 4.74 Å². The van der Waals surface area contributed by atoms with Gasteiger partial charge < -0.3 is 19.7 Å². The van der Waals surface area contributed by atoms with E-state index in [0.717, 1.165) is 5.56 Å². The summed E-state index contributed by atoms with van der Waals surface area (Å²) in [5.74, 6) is -0.940. The summed E-state index contributed by atoms with van der Waals surface area (Å²) in [7, 11) is 1.47. The first-order valence-electron chi connectivity index (χ1n) is 8.63. The first kappa shape index (κ1) is 21.1. The lowest BCUT2D eigenvalue weighted by molar-refractivity contribution is -0.116. The van der Waals surface area contributed by atoms with E-state index in [9.17, 15) is 18.4 Å². The number of amides is 2. The van der Waals surface area contributed by atoms with Gasteiger partial charge in [0.1, 0.15) is 0 Å². The predicted octanol–water partition coefficient (Wildman–Crippen LogP) is 3.71.